The largest absolute Gasteiger partial charge is 0.479 e. The van der Waals surface area contributed by atoms with E-state index in [1.807, 2.05) is 0 Å². The van der Waals surface area contributed by atoms with Gasteiger partial charge in [0.2, 0.25) is 0 Å². The summed E-state index contributed by atoms with van der Waals surface area (Å²) in [6, 6.07) is 7.45. The summed E-state index contributed by atoms with van der Waals surface area (Å²) in [5, 5.41) is 0.187. The number of aromatic nitrogens is 1. The average molecular weight is 340 g/mol. The van der Waals surface area contributed by atoms with Crippen molar-refractivity contribution in [1.82, 2.24) is 4.98 Å². The summed E-state index contributed by atoms with van der Waals surface area (Å²) in [5.41, 5.74) is 0. The Labute approximate surface area is 138 Å². The maximum atomic E-state index is 13.6. The average Bonchev–Trinajstić information content (AvgIpc) is 2.52. The molecule has 1 atom stereocenters. The third-order valence-corrected chi connectivity index (χ3v) is 2.95. The van der Waals surface area contributed by atoms with Crippen LogP contribution in [0.4, 0.5) is 4.39 Å². The number of halogens is 2. The Hall–Kier alpha value is -2.34. The molecule has 1 aromatic heterocycles. The highest BCUT2D eigenvalue weighted by Gasteiger charge is 2.15. The first kappa shape index (κ1) is 17.0. The quantitative estimate of drug-likeness (QED) is 0.745. The van der Waals surface area contributed by atoms with Gasteiger partial charge in [-0.05, 0) is 44.2 Å². The zero-order valence-electron chi connectivity index (χ0n) is 12.6. The van der Waals surface area contributed by atoms with Crippen molar-refractivity contribution in [3.63, 3.8) is 0 Å². The Bertz CT molecular complexity index is 678. The number of rotatable bonds is 6. The van der Waals surface area contributed by atoms with Gasteiger partial charge < -0.3 is 14.2 Å². The van der Waals surface area contributed by atoms with Crippen molar-refractivity contribution < 1.29 is 23.4 Å². The van der Waals surface area contributed by atoms with Gasteiger partial charge in [0.15, 0.2) is 11.9 Å². The van der Waals surface area contributed by atoms with Gasteiger partial charge in [0.05, 0.1) is 11.6 Å². The Morgan fingerprint density at radius 1 is 1.30 bits per heavy atom. The number of pyridine rings is 1. The molecule has 1 aromatic carbocycles. The molecule has 0 amide bonds. The number of carbonyl (C=O) groups is 1. The zero-order valence-corrected chi connectivity index (χ0v) is 13.3. The maximum Gasteiger partial charge on any atom is 0.347 e. The molecule has 0 aliphatic carbocycles. The van der Waals surface area contributed by atoms with Crippen LogP contribution in [0.25, 0.3) is 0 Å². The van der Waals surface area contributed by atoms with E-state index in [1.54, 1.807) is 38.1 Å². The van der Waals surface area contributed by atoms with Gasteiger partial charge in [-0.1, -0.05) is 11.6 Å². The fraction of sp³-hybridized carbons (Fsp3) is 0.250. The second-order valence-electron chi connectivity index (χ2n) is 4.53. The van der Waals surface area contributed by atoms with Gasteiger partial charge in [-0.25, -0.2) is 14.2 Å². The van der Waals surface area contributed by atoms with Crippen molar-refractivity contribution in [2.24, 2.45) is 0 Å². The summed E-state index contributed by atoms with van der Waals surface area (Å²) >= 11 is 5.62. The molecular weight excluding hydrogens is 325 g/mol. The zero-order chi connectivity index (χ0) is 16.8. The Morgan fingerprint density at radius 3 is 2.57 bits per heavy atom. The van der Waals surface area contributed by atoms with Crippen LogP contribution in [0.15, 0.2) is 36.5 Å². The lowest BCUT2D eigenvalue weighted by Gasteiger charge is -2.13. The SMILES string of the molecule is CCOC(=O)[C@@H](C)Oc1ccc(Oc2ncc(Cl)cc2F)cc1. The van der Waals surface area contributed by atoms with E-state index in [0.717, 1.165) is 6.07 Å². The van der Waals surface area contributed by atoms with E-state index < -0.39 is 17.9 Å². The summed E-state index contributed by atoms with van der Waals surface area (Å²) in [6.45, 7) is 3.61. The molecule has 23 heavy (non-hydrogen) atoms. The molecule has 2 aromatic rings. The van der Waals surface area contributed by atoms with Crippen molar-refractivity contribution >= 4 is 17.6 Å². The number of nitrogens with zero attached hydrogens (tertiary/aromatic N) is 1. The molecule has 122 valence electrons. The number of benzene rings is 1. The van der Waals surface area contributed by atoms with E-state index >= 15 is 0 Å². The first-order valence-electron chi connectivity index (χ1n) is 6.92. The number of esters is 1. The Kier molecular flexibility index (Phi) is 5.76. The monoisotopic (exact) mass is 339 g/mol. The first-order valence-corrected chi connectivity index (χ1v) is 7.29. The lowest BCUT2D eigenvalue weighted by molar-refractivity contribution is -0.150. The maximum absolute atomic E-state index is 13.6. The molecule has 0 N–H and O–H groups in total. The standard InChI is InChI=1S/C16H15ClFNO4/c1-3-21-16(20)10(2)22-12-4-6-13(7-5-12)23-15-14(18)8-11(17)9-19-15/h4-10H,3H2,1-2H3/t10-/m1/s1. The van der Waals surface area contributed by atoms with E-state index in [9.17, 15) is 9.18 Å². The van der Waals surface area contributed by atoms with Gasteiger partial charge in [-0.2, -0.15) is 0 Å². The second kappa shape index (κ2) is 7.78. The minimum absolute atomic E-state index is 0.178. The van der Waals surface area contributed by atoms with E-state index in [-0.39, 0.29) is 10.9 Å². The number of hydrogen-bond donors (Lipinski definition) is 0. The topological polar surface area (TPSA) is 57.7 Å². The molecule has 0 bridgehead atoms. The minimum atomic E-state index is -0.725. The number of carbonyl (C=O) groups excluding carboxylic acids is 1. The molecule has 0 spiro atoms. The second-order valence-corrected chi connectivity index (χ2v) is 4.96. The van der Waals surface area contributed by atoms with Crippen molar-refractivity contribution in [1.29, 1.82) is 0 Å². The lowest BCUT2D eigenvalue weighted by Crippen LogP contribution is -2.25. The number of hydrogen-bond acceptors (Lipinski definition) is 5. The van der Waals surface area contributed by atoms with Crippen LogP contribution in [0.1, 0.15) is 13.8 Å². The molecule has 0 aliphatic heterocycles. The van der Waals surface area contributed by atoms with E-state index in [4.69, 9.17) is 25.8 Å². The van der Waals surface area contributed by atoms with Gasteiger partial charge in [-0.15, -0.1) is 0 Å². The summed E-state index contributed by atoms with van der Waals surface area (Å²) in [5.74, 6) is -0.450. The summed E-state index contributed by atoms with van der Waals surface area (Å²) in [4.78, 5) is 15.3. The van der Waals surface area contributed by atoms with Crippen LogP contribution in [0.2, 0.25) is 5.02 Å². The third kappa shape index (κ3) is 4.82. The summed E-state index contributed by atoms with van der Waals surface area (Å²) in [6.07, 6.45) is 0.565. The van der Waals surface area contributed by atoms with Crippen LogP contribution in [0.3, 0.4) is 0 Å². The van der Waals surface area contributed by atoms with Gasteiger partial charge >= 0.3 is 5.97 Å². The summed E-state index contributed by atoms with van der Waals surface area (Å²) in [7, 11) is 0. The molecule has 0 unspecified atom stereocenters. The van der Waals surface area contributed by atoms with Crippen molar-refractivity contribution in [3.05, 3.63) is 47.4 Å². The van der Waals surface area contributed by atoms with E-state index in [0.29, 0.717) is 18.1 Å². The van der Waals surface area contributed by atoms with E-state index in [1.165, 1.54) is 6.20 Å². The fourth-order valence-electron chi connectivity index (χ4n) is 1.69. The van der Waals surface area contributed by atoms with Crippen LogP contribution in [-0.2, 0) is 9.53 Å². The first-order chi connectivity index (χ1) is 11.0. The van der Waals surface area contributed by atoms with Crippen LogP contribution in [0, 0.1) is 5.82 Å². The Morgan fingerprint density at radius 2 is 1.96 bits per heavy atom. The third-order valence-electron chi connectivity index (χ3n) is 2.74. The molecule has 0 fully saturated rings. The fourth-order valence-corrected chi connectivity index (χ4v) is 1.83. The highest BCUT2D eigenvalue weighted by molar-refractivity contribution is 6.30. The van der Waals surface area contributed by atoms with Gasteiger partial charge in [0, 0.05) is 6.20 Å². The molecule has 0 saturated carbocycles. The highest BCUT2D eigenvalue weighted by atomic mass is 35.5. The highest BCUT2D eigenvalue weighted by Crippen LogP contribution is 2.26. The smallest absolute Gasteiger partial charge is 0.347 e. The molecule has 0 saturated heterocycles. The molecule has 0 radical (unpaired) electrons. The molecule has 7 heteroatoms. The lowest BCUT2D eigenvalue weighted by atomic mass is 10.3. The van der Waals surface area contributed by atoms with Crippen LogP contribution in [-0.4, -0.2) is 23.7 Å². The minimum Gasteiger partial charge on any atom is -0.479 e. The molecule has 5 nitrogen and oxygen atoms in total. The van der Waals surface area contributed by atoms with Crippen molar-refractivity contribution in [2.75, 3.05) is 6.61 Å². The van der Waals surface area contributed by atoms with E-state index in [2.05, 4.69) is 4.98 Å². The normalized spacial score (nSPS) is 11.7. The van der Waals surface area contributed by atoms with Crippen LogP contribution < -0.4 is 9.47 Å². The summed E-state index contributed by atoms with van der Waals surface area (Å²) < 4.78 is 29.2. The Balaban J connectivity index is 2.00. The molecule has 1 heterocycles. The van der Waals surface area contributed by atoms with Crippen molar-refractivity contribution in [3.8, 4) is 17.4 Å². The molecule has 0 aliphatic rings. The molecular formula is C16H15ClFNO4. The van der Waals surface area contributed by atoms with Gasteiger partial charge in [0.1, 0.15) is 11.5 Å². The van der Waals surface area contributed by atoms with Gasteiger partial charge in [-0.3, -0.25) is 0 Å². The van der Waals surface area contributed by atoms with Crippen molar-refractivity contribution in [2.45, 2.75) is 20.0 Å². The van der Waals surface area contributed by atoms with Crippen LogP contribution >= 0.6 is 11.6 Å². The predicted molar refractivity (Wildman–Crippen MR) is 82.4 cm³/mol. The van der Waals surface area contributed by atoms with Crippen LogP contribution in [0.5, 0.6) is 17.4 Å². The number of ether oxygens (including phenoxy) is 3. The molecule has 2 rings (SSSR count). The predicted octanol–water partition coefficient (Wildman–Crippen LogP) is 4.00. The van der Waals surface area contributed by atoms with Gasteiger partial charge in [0.25, 0.3) is 5.88 Å².